The third-order valence-electron chi connectivity index (χ3n) is 4.62. The van der Waals surface area contributed by atoms with Crippen LogP contribution in [0.4, 0.5) is 0 Å². The van der Waals surface area contributed by atoms with E-state index >= 15 is 0 Å². The molecule has 0 saturated heterocycles. The first-order valence-corrected chi connectivity index (χ1v) is 10.3. The predicted molar refractivity (Wildman–Crippen MR) is 96.1 cm³/mol. The largest absolute Gasteiger partial charge is 0.331 e. The first-order chi connectivity index (χ1) is 11.7. The standard InChI is InChI=1S/C18H25N3O2S/c22-24(23,17-10-5-2-6-11-17)20-12-7-14-21-15-13-19-18(21)16-8-3-1-4-9-16/h1,3-4,8-9,13,15,17,20H,2,5-7,10-12,14H2. The number of imidazole rings is 1. The summed E-state index contributed by atoms with van der Waals surface area (Å²) in [7, 11) is -3.16. The fourth-order valence-corrected chi connectivity index (χ4v) is 4.91. The normalized spacial score (nSPS) is 16.3. The van der Waals surface area contributed by atoms with Gasteiger partial charge in [0.15, 0.2) is 0 Å². The third kappa shape index (κ3) is 4.24. The molecular formula is C18H25N3O2S. The molecule has 1 aliphatic rings. The molecule has 0 bridgehead atoms. The molecule has 0 amide bonds. The van der Waals surface area contributed by atoms with Gasteiger partial charge in [-0.2, -0.15) is 0 Å². The first-order valence-electron chi connectivity index (χ1n) is 8.72. The van der Waals surface area contributed by atoms with Gasteiger partial charge in [0.2, 0.25) is 10.0 Å². The van der Waals surface area contributed by atoms with E-state index in [1.54, 1.807) is 6.20 Å². The van der Waals surface area contributed by atoms with Crippen molar-refractivity contribution in [1.29, 1.82) is 0 Å². The minimum absolute atomic E-state index is 0.195. The van der Waals surface area contributed by atoms with E-state index < -0.39 is 10.0 Å². The van der Waals surface area contributed by atoms with E-state index in [-0.39, 0.29) is 5.25 Å². The van der Waals surface area contributed by atoms with Gasteiger partial charge < -0.3 is 4.57 Å². The number of nitrogens with zero attached hydrogens (tertiary/aromatic N) is 2. The van der Waals surface area contributed by atoms with Gasteiger partial charge in [0.25, 0.3) is 0 Å². The highest BCUT2D eigenvalue weighted by Gasteiger charge is 2.26. The van der Waals surface area contributed by atoms with Gasteiger partial charge in [0.05, 0.1) is 5.25 Å². The highest BCUT2D eigenvalue weighted by molar-refractivity contribution is 7.90. The second kappa shape index (κ2) is 7.94. The Morgan fingerprint density at radius 1 is 1.12 bits per heavy atom. The molecule has 0 spiro atoms. The quantitative estimate of drug-likeness (QED) is 0.782. The molecule has 3 rings (SSSR count). The predicted octanol–water partition coefficient (Wildman–Crippen LogP) is 3.19. The molecule has 6 heteroatoms. The van der Waals surface area contributed by atoms with Crippen LogP contribution in [-0.2, 0) is 16.6 Å². The molecule has 0 atom stereocenters. The molecule has 1 N–H and O–H groups in total. The number of aromatic nitrogens is 2. The van der Waals surface area contributed by atoms with E-state index in [9.17, 15) is 8.42 Å². The summed E-state index contributed by atoms with van der Waals surface area (Å²) in [5.41, 5.74) is 1.07. The van der Waals surface area contributed by atoms with Crippen molar-refractivity contribution in [3.63, 3.8) is 0 Å². The van der Waals surface area contributed by atoms with E-state index in [1.165, 1.54) is 0 Å². The molecule has 1 aromatic heterocycles. The zero-order chi connectivity index (χ0) is 16.8. The molecule has 1 fully saturated rings. The van der Waals surface area contributed by atoms with E-state index in [4.69, 9.17) is 0 Å². The third-order valence-corrected chi connectivity index (χ3v) is 6.57. The molecule has 0 radical (unpaired) electrons. The van der Waals surface area contributed by atoms with E-state index in [2.05, 4.69) is 14.3 Å². The van der Waals surface area contributed by atoms with Crippen LogP contribution in [0.15, 0.2) is 42.7 Å². The first kappa shape index (κ1) is 17.2. The topological polar surface area (TPSA) is 64.0 Å². The SMILES string of the molecule is O=S(=O)(NCCCn1ccnc1-c1ccccc1)C1CCCCC1. The molecule has 1 aliphatic carbocycles. The van der Waals surface area contributed by atoms with E-state index in [0.717, 1.165) is 56.5 Å². The molecule has 1 heterocycles. The summed E-state index contributed by atoms with van der Waals surface area (Å²) in [5, 5.41) is -0.195. The number of aryl methyl sites for hydroxylation is 1. The van der Waals surface area contributed by atoms with E-state index in [1.807, 2.05) is 36.5 Å². The molecule has 1 aromatic carbocycles. The van der Waals surface area contributed by atoms with Crippen molar-refractivity contribution in [2.75, 3.05) is 6.54 Å². The lowest BCUT2D eigenvalue weighted by Gasteiger charge is -2.22. The number of nitrogens with one attached hydrogen (secondary N) is 1. The van der Waals surface area contributed by atoms with Crippen LogP contribution in [0, 0.1) is 0 Å². The van der Waals surface area contributed by atoms with Crippen molar-refractivity contribution >= 4 is 10.0 Å². The van der Waals surface area contributed by atoms with Crippen LogP contribution in [0.3, 0.4) is 0 Å². The van der Waals surface area contributed by atoms with Gasteiger partial charge >= 0.3 is 0 Å². The molecule has 5 nitrogen and oxygen atoms in total. The van der Waals surface area contributed by atoms with Gasteiger partial charge in [0, 0.05) is 31.0 Å². The lowest BCUT2D eigenvalue weighted by Crippen LogP contribution is -2.36. The van der Waals surface area contributed by atoms with E-state index in [0.29, 0.717) is 6.54 Å². The van der Waals surface area contributed by atoms with Gasteiger partial charge in [-0.3, -0.25) is 0 Å². The molecule has 1 saturated carbocycles. The minimum Gasteiger partial charge on any atom is -0.331 e. The number of sulfonamides is 1. The van der Waals surface area contributed by atoms with Crippen molar-refractivity contribution in [2.24, 2.45) is 0 Å². The van der Waals surface area contributed by atoms with Crippen LogP contribution < -0.4 is 4.72 Å². The Bertz CT molecular complexity index is 735. The Hall–Kier alpha value is -1.66. The summed E-state index contributed by atoms with van der Waals surface area (Å²) < 4.78 is 29.5. The van der Waals surface area contributed by atoms with Gasteiger partial charge in [-0.15, -0.1) is 0 Å². The molecule has 24 heavy (non-hydrogen) atoms. The maximum absolute atomic E-state index is 12.3. The maximum Gasteiger partial charge on any atom is 0.214 e. The smallest absolute Gasteiger partial charge is 0.214 e. The lowest BCUT2D eigenvalue weighted by molar-refractivity contribution is 0.476. The summed E-state index contributed by atoms with van der Waals surface area (Å²) in [6.07, 6.45) is 9.30. The Morgan fingerprint density at radius 3 is 2.62 bits per heavy atom. The van der Waals surface area contributed by atoms with Crippen molar-refractivity contribution < 1.29 is 8.42 Å². The number of rotatable bonds is 7. The van der Waals surface area contributed by atoms with Crippen LogP contribution in [0.2, 0.25) is 0 Å². The van der Waals surface area contributed by atoms with Crippen LogP contribution in [-0.4, -0.2) is 29.8 Å². The summed E-state index contributed by atoms with van der Waals surface area (Å²) in [5.74, 6) is 0.922. The monoisotopic (exact) mass is 347 g/mol. The van der Waals surface area contributed by atoms with Crippen LogP contribution in [0.25, 0.3) is 11.4 Å². The Labute approximate surface area is 144 Å². The number of hydrogen-bond donors (Lipinski definition) is 1. The summed E-state index contributed by atoms with van der Waals surface area (Å²) in [6, 6.07) is 10.0. The molecule has 130 valence electrons. The average Bonchev–Trinajstić information content (AvgIpc) is 3.09. The summed E-state index contributed by atoms with van der Waals surface area (Å²) >= 11 is 0. The number of hydrogen-bond acceptors (Lipinski definition) is 3. The second-order valence-corrected chi connectivity index (χ2v) is 8.41. The lowest BCUT2D eigenvalue weighted by atomic mass is 10.0. The molecule has 0 aliphatic heterocycles. The zero-order valence-electron chi connectivity index (χ0n) is 13.9. The fraction of sp³-hybridized carbons (Fsp3) is 0.500. The van der Waals surface area contributed by atoms with Gasteiger partial charge in [-0.25, -0.2) is 18.1 Å². The fourth-order valence-electron chi connectivity index (χ4n) is 3.29. The minimum atomic E-state index is -3.16. The molecule has 0 unspecified atom stereocenters. The van der Waals surface area contributed by atoms with Crippen LogP contribution >= 0.6 is 0 Å². The number of benzene rings is 1. The van der Waals surface area contributed by atoms with Gasteiger partial charge in [-0.1, -0.05) is 49.6 Å². The molecule has 2 aromatic rings. The Balaban J connectivity index is 1.52. The van der Waals surface area contributed by atoms with Crippen molar-refractivity contribution in [1.82, 2.24) is 14.3 Å². The van der Waals surface area contributed by atoms with Crippen LogP contribution in [0.1, 0.15) is 38.5 Å². The average molecular weight is 347 g/mol. The van der Waals surface area contributed by atoms with Gasteiger partial charge in [-0.05, 0) is 19.3 Å². The highest BCUT2D eigenvalue weighted by Crippen LogP contribution is 2.23. The summed E-state index contributed by atoms with van der Waals surface area (Å²) in [4.78, 5) is 4.41. The zero-order valence-corrected chi connectivity index (χ0v) is 14.7. The maximum atomic E-state index is 12.3. The summed E-state index contributed by atoms with van der Waals surface area (Å²) in [6.45, 7) is 1.22. The highest BCUT2D eigenvalue weighted by atomic mass is 32.2. The molecular weight excluding hydrogens is 322 g/mol. The van der Waals surface area contributed by atoms with Crippen molar-refractivity contribution in [2.45, 2.75) is 50.3 Å². The van der Waals surface area contributed by atoms with Crippen molar-refractivity contribution in [3.05, 3.63) is 42.7 Å². The van der Waals surface area contributed by atoms with Crippen LogP contribution in [0.5, 0.6) is 0 Å². The Morgan fingerprint density at radius 2 is 1.88 bits per heavy atom. The van der Waals surface area contributed by atoms with Gasteiger partial charge in [0.1, 0.15) is 5.82 Å². The second-order valence-electron chi connectivity index (χ2n) is 6.36. The van der Waals surface area contributed by atoms with Crippen molar-refractivity contribution in [3.8, 4) is 11.4 Å². The Kier molecular flexibility index (Phi) is 5.68.